The molecule has 0 bridgehead atoms. The van der Waals surface area contributed by atoms with Crippen molar-refractivity contribution in [3.05, 3.63) is 56.9 Å². The first-order valence-electron chi connectivity index (χ1n) is 8.03. The van der Waals surface area contributed by atoms with Crippen molar-refractivity contribution in [3.63, 3.8) is 0 Å². The number of benzene rings is 1. The Hall–Kier alpha value is -2.09. The van der Waals surface area contributed by atoms with Gasteiger partial charge in [-0.05, 0) is 12.1 Å². The summed E-state index contributed by atoms with van der Waals surface area (Å²) in [6, 6.07) is 7.36. The van der Waals surface area contributed by atoms with Gasteiger partial charge in [-0.2, -0.15) is 0 Å². The summed E-state index contributed by atoms with van der Waals surface area (Å²) in [6.45, 7) is 3.45. The van der Waals surface area contributed by atoms with Crippen LogP contribution in [-0.4, -0.2) is 35.7 Å². The van der Waals surface area contributed by atoms with E-state index in [0.29, 0.717) is 35.4 Å². The molecule has 4 rings (SSSR count). The molecule has 0 aliphatic carbocycles. The third kappa shape index (κ3) is 3.35. The molecule has 1 aliphatic heterocycles. The molecule has 1 saturated heterocycles. The topological polar surface area (TPSA) is 58.9 Å². The van der Waals surface area contributed by atoms with Crippen LogP contribution in [-0.2, 0) is 11.3 Å². The molecule has 25 heavy (non-hydrogen) atoms. The number of nitrogens with one attached hydrogen (secondary N) is 1. The number of para-hydroxylation sites is 1. The van der Waals surface area contributed by atoms with Crippen LogP contribution in [0, 0.1) is 0 Å². The SMILES string of the molecule is O=c1cc(CNc2cccc(Cl)c2N2CCOCC2)nc2sccn12. The second kappa shape index (κ2) is 7.03. The average molecular weight is 377 g/mol. The zero-order valence-electron chi connectivity index (χ0n) is 13.4. The fourth-order valence-corrected chi connectivity index (χ4v) is 3.96. The van der Waals surface area contributed by atoms with Crippen LogP contribution in [0.4, 0.5) is 11.4 Å². The zero-order chi connectivity index (χ0) is 17.2. The molecule has 0 atom stereocenters. The molecule has 3 aromatic rings. The minimum absolute atomic E-state index is 0.0671. The molecule has 0 spiro atoms. The van der Waals surface area contributed by atoms with Gasteiger partial charge in [0.15, 0.2) is 4.96 Å². The van der Waals surface area contributed by atoms with Crippen LogP contribution in [0.25, 0.3) is 4.96 Å². The lowest BCUT2D eigenvalue weighted by Gasteiger charge is -2.31. The molecule has 0 saturated carbocycles. The number of hydrogen-bond donors (Lipinski definition) is 1. The van der Waals surface area contributed by atoms with Gasteiger partial charge in [-0.1, -0.05) is 17.7 Å². The number of nitrogens with zero attached hydrogens (tertiary/aromatic N) is 3. The van der Waals surface area contributed by atoms with E-state index < -0.39 is 0 Å². The Morgan fingerprint density at radius 3 is 3.00 bits per heavy atom. The third-order valence-corrected chi connectivity index (χ3v) is 5.19. The number of morpholine rings is 1. The number of fused-ring (bicyclic) bond motifs is 1. The maximum Gasteiger partial charge on any atom is 0.258 e. The van der Waals surface area contributed by atoms with Crippen molar-refractivity contribution >= 4 is 39.3 Å². The van der Waals surface area contributed by atoms with E-state index in [1.54, 1.807) is 16.7 Å². The molecule has 8 heteroatoms. The van der Waals surface area contributed by atoms with Crippen LogP contribution >= 0.6 is 22.9 Å². The number of rotatable bonds is 4. The Bertz CT molecular complexity index is 949. The van der Waals surface area contributed by atoms with Gasteiger partial charge in [-0.25, -0.2) is 4.98 Å². The van der Waals surface area contributed by atoms with Crippen molar-refractivity contribution in [2.45, 2.75) is 6.54 Å². The first kappa shape index (κ1) is 16.4. The van der Waals surface area contributed by atoms with Crippen molar-refractivity contribution in [2.75, 3.05) is 36.5 Å². The molecule has 3 heterocycles. The Kier molecular flexibility index (Phi) is 4.61. The summed E-state index contributed by atoms with van der Waals surface area (Å²) < 4.78 is 6.97. The minimum atomic E-state index is -0.0671. The normalized spacial score (nSPS) is 14.8. The molecule has 0 unspecified atom stereocenters. The molecular weight excluding hydrogens is 360 g/mol. The monoisotopic (exact) mass is 376 g/mol. The van der Waals surface area contributed by atoms with Gasteiger partial charge in [0.05, 0.1) is 41.8 Å². The summed E-state index contributed by atoms with van der Waals surface area (Å²) in [5.74, 6) is 0. The number of halogens is 1. The van der Waals surface area contributed by atoms with E-state index in [9.17, 15) is 4.79 Å². The van der Waals surface area contributed by atoms with E-state index in [4.69, 9.17) is 16.3 Å². The third-order valence-electron chi connectivity index (χ3n) is 4.13. The first-order chi connectivity index (χ1) is 12.2. The largest absolute Gasteiger partial charge is 0.378 e. The van der Waals surface area contributed by atoms with Gasteiger partial charge in [0.1, 0.15) is 0 Å². The van der Waals surface area contributed by atoms with Gasteiger partial charge < -0.3 is 15.0 Å². The number of aromatic nitrogens is 2. The molecule has 2 aromatic heterocycles. The smallest absolute Gasteiger partial charge is 0.258 e. The summed E-state index contributed by atoms with van der Waals surface area (Å²) in [4.78, 5) is 19.5. The number of thiazole rings is 1. The molecule has 6 nitrogen and oxygen atoms in total. The van der Waals surface area contributed by atoms with Crippen LogP contribution in [0.3, 0.4) is 0 Å². The Labute approximate surface area is 153 Å². The summed E-state index contributed by atoms with van der Waals surface area (Å²) in [5.41, 5.74) is 2.55. The van der Waals surface area contributed by atoms with E-state index in [0.717, 1.165) is 24.5 Å². The lowest BCUT2D eigenvalue weighted by molar-refractivity contribution is 0.123. The van der Waals surface area contributed by atoms with Crippen molar-refractivity contribution in [1.29, 1.82) is 0 Å². The molecule has 0 amide bonds. The van der Waals surface area contributed by atoms with Gasteiger partial charge in [-0.3, -0.25) is 9.20 Å². The number of hydrogen-bond acceptors (Lipinski definition) is 6. The second-order valence-electron chi connectivity index (χ2n) is 5.73. The summed E-state index contributed by atoms with van der Waals surface area (Å²) in [6.07, 6.45) is 1.74. The highest BCUT2D eigenvalue weighted by Gasteiger charge is 2.18. The van der Waals surface area contributed by atoms with Gasteiger partial charge in [0, 0.05) is 30.7 Å². The van der Waals surface area contributed by atoms with Crippen LogP contribution < -0.4 is 15.8 Å². The number of ether oxygens (including phenoxy) is 1. The lowest BCUT2D eigenvalue weighted by atomic mass is 10.2. The quantitative estimate of drug-likeness (QED) is 0.758. The Morgan fingerprint density at radius 1 is 1.32 bits per heavy atom. The van der Waals surface area contributed by atoms with E-state index in [2.05, 4.69) is 15.2 Å². The predicted octanol–water partition coefficient (Wildman–Crippen LogP) is 2.86. The Morgan fingerprint density at radius 2 is 2.16 bits per heavy atom. The summed E-state index contributed by atoms with van der Waals surface area (Å²) in [7, 11) is 0. The molecular formula is C17H17ClN4O2S. The number of anilines is 2. The van der Waals surface area contributed by atoms with Crippen LogP contribution in [0.15, 0.2) is 40.6 Å². The van der Waals surface area contributed by atoms with Crippen LogP contribution in [0.1, 0.15) is 5.69 Å². The van der Waals surface area contributed by atoms with E-state index in [1.807, 2.05) is 23.6 Å². The fraction of sp³-hybridized carbons (Fsp3) is 0.294. The highest BCUT2D eigenvalue weighted by molar-refractivity contribution is 7.15. The standard InChI is InChI=1S/C17H17ClN4O2S/c18-13-2-1-3-14(16(13)21-4-7-24-8-5-21)19-11-12-10-15(23)22-6-9-25-17(22)20-12/h1-3,6,9-10,19H,4-5,7-8,11H2. The summed E-state index contributed by atoms with van der Waals surface area (Å²) in [5, 5.41) is 5.94. The minimum Gasteiger partial charge on any atom is -0.378 e. The van der Waals surface area contributed by atoms with E-state index >= 15 is 0 Å². The molecule has 130 valence electrons. The second-order valence-corrected chi connectivity index (χ2v) is 7.01. The van der Waals surface area contributed by atoms with Gasteiger partial charge in [-0.15, -0.1) is 11.3 Å². The van der Waals surface area contributed by atoms with Crippen molar-refractivity contribution in [1.82, 2.24) is 9.38 Å². The first-order valence-corrected chi connectivity index (χ1v) is 9.29. The fourth-order valence-electron chi connectivity index (χ4n) is 2.93. The van der Waals surface area contributed by atoms with Crippen molar-refractivity contribution < 1.29 is 4.74 Å². The van der Waals surface area contributed by atoms with E-state index in [-0.39, 0.29) is 5.56 Å². The molecule has 1 aromatic carbocycles. The van der Waals surface area contributed by atoms with Crippen molar-refractivity contribution in [3.8, 4) is 0 Å². The van der Waals surface area contributed by atoms with E-state index in [1.165, 1.54) is 11.3 Å². The van der Waals surface area contributed by atoms with Gasteiger partial charge in [0.25, 0.3) is 5.56 Å². The van der Waals surface area contributed by atoms with Crippen LogP contribution in [0.2, 0.25) is 5.02 Å². The van der Waals surface area contributed by atoms with Gasteiger partial charge in [0.2, 0.25) is 0 Å². The average Bonchev–Trinajstić information content (AvgIpc) is 3.10. The highest BCUT2D eigenvalue weighted by atomic mass is 35.5. The predicted molar refractivity (Wildman–Crippen MR) is 101 cm³/mol. The molecule has 1 aliphatic rings. The molecule has 1 fully saturated rings. The molecule has 0 radical (unpaired) electrons. The van der Waals surface area contributed by atoms with Gasteiger partial charge >= 0.3 is 0 Å². The van der Waals surface area contributed by atoms with Crippen molar-refractivity contribution in [2.24, 2.45) is 0 Å². The highest BCUT2D eigenvalue weighted by Crippen LogP contribution is 2.34. The lowest BCUT2D eigenvalue weighted by Crippen LogP contribution is -2.36. The Balaban J connectivity index is 1.59. The maximum atomic E-state index is 12.1. The molecule has 1 N–H and O–H groups in total. The summed E-state index contributed by atoms with van der Waals surface area (Å²) >= 11 is 7.89. The van der Waals surface area contributed by atoms with Crippen LogP contribution in [0.5, 0.6) is 0 Å². The maximum absolute atomic E-state index is 12.1. The zero-order valence-corrected chi connectivity index (χ0v) is 15.0.